The molecule has 2 saturated heterocycles. The summed E-state index contributed by atoms with van der Waals surface area (Å²) in [6.45, 7) is 2.87. The SMILES string of the molecule is Cc1ccc(-c2cnc(-c3ccc4[nH]c([C@@H]5CCCN5C(=O)[C@@H](c5ccccc5)N(C)C)nc4c3)o2)cc1NC(=O)[C@@H]1CCCN1C(=O)[C@H](NC(=O)O)c1ccccc1. The van der Waals surface area contributed by atoms with E-state index >= 15 is 0 Å². The number of carboxylic acid groups (broad SMARTS) is 1. The first kappa shape index (κ1) is 39.0. The molecule has 14 nitrogen and oxygen atoms in total. The number of aromatic amines is 1. The molecule has 4 N–H and O–H groups in total. The van der Waals surface area contributed by atoms with E-state index < -0.39 is 30.1 Å². The summed E-state index contributed by atoms with van der Waals surface area (Å²) in [5.41, 5.74) is 5.82. The first-order chi connectivity index (χ1) is 28.5. The minimum atomic E-state index is -1.33. The molecule has 59 heavy (non-hydrogen) atoms. The monoisotopic (exact) mass is 794 g/mol. The van der Waals surface area contributed by atoms with Gasteiger partial charge < -0.3 is 34.9 Å². The Morgan fingerprint density at radius 3 is 2.27 bits per heavy atom. The van der Waals surface area contributed by atoms with Crippen LogP contribution in [-0.4, -0.2) is 91.8 Å². The number of amides is 4. The number of hydrogen-bond donors (Lipinski definition) is 4. The molecule has 302 valence electrons. The fourth-order valence-electron chi connectivity index (χ4n) is 8.28. The Morgan fingerprint density at radius 2 is 1.54 bits per heavy atom. The lowest BCUT2D eigenvalue weighted by Gasteiger charge is -2.31. The number of carbonyl (C=O) groups excluding carboxylic acids is 3. The lowest BCUT2D eigenvalue weighted by Crippen LogP contribution is -2.48. The molecule has 2 fully saturated rings. The van der Waals surface area contributed by atoms with Crippen LogP contribution in [0.2, 0.25) is 0 Å². The largest absolute Gasteiger partial charge is 0.465 e. The van der Waals surface area contributed by atoms with Crippen LogP contribution in [0.25, 0.3) is 33.8 Å². The van der Waals surface area contributed by atoms with Gasteiger partial charge in [0.05, 0.1) is 23.3 Å². The van der Waals surface area contributed by atoms with Crippen LogP contribution in [-0.2, 0) is 14.4 Å². The molecule has 0 saturated carbocycles. The Hall–Kier alpha value is -6.80. The summed E-state index contributed by atoms with van der Waals surface area (Å²) < 4.78 is 6.27. The number of H-pyrrole nitrogens is 1. The number of nitrogens with zero attached hydrogens (tertiary/aromatic N) is 5. The zero-order valence-electron chi connectivity index (χ0n) is 33.1. The van der Waals surface area contributed by atoms with E-state index in [2.05, 4.69) is 20.6 Å². The predicted octanol–water partition coefficient (Wildman–Crippen LogP) is 7.10. The number of oxazole rings is 1. The molecule has 0 aliphatic carbocycles. The topological polar surface area (TPSA) is 177 Å². The third kappa shape index (κ3) is 8.03. The average Bonchev–Trinajstić information content (AvgIpc) is 4.07. The summed E-state index contributed by atoms with van der Waals surface area (Å²) in [7, 11) is 3.85. The van der Waals surface area contributed by atoms with E-state index in [4.69, 9.17) is 9.40 Å². The number of likely N-dealkylation sites (N-methyl/N-ethyl adjacent to an activating group) is 1. The highest BCUT2D eigenvalue weighted by Crippen LogP contribution is 2.36. The van der Waals surface area contributed by atoms with Gasteiger partial charge in [-0.15, -0.1) is 0 Å². The normalized spacial score (nSPS) is 17.6. The maximum Gasteiger partial charge on any atom is 0.405 e. The van der Waals surface area contributed by atoms with Crippen LogP contribution in [0.4, 0.5) is 10.5 Å². The summed E-state index contributed by atoms with van der Waals surface area (Å²) in [6.07, 6.45) is 3.06. The van der Waals surface area contributed by atoms with Crippen LogP contribution in [0, 0.1) is 6.92 Å². The highest BCUT2D eigenvalue weighted by atomic mass is 16.4. The summed E-state index contributed by atoms with van der Waals surface area (Å²) >= 11 is 0. The number of anilines is 1. The van der Waals surface area contributed by atoms with E-state index in [1.54, 1.807) is 36.5 Å². The van der Waals surface area contributed by atoms with Gasteiger partial charge in [-0.3, -0.25) is 19.3 Å². The number of rotatable bonds is 11. The van der Waals surface area contributed by atoms with E-state index in [-0.39, 0.29) is 17.9 Å². The van der Waals surface area contributed by atoms with Gasteiger partial charge in [-0.2, -0.15) is 0 Å². The molecule has 8 rings (SSSR count). The van der Waals surface area contributed by atoms with Crippen molar-refractivity contribution in [2.75, 3.05) is 32.5 Å². The lowest BCUT2D eigenvalue weighted by atomic mass is 10.0. The van der Waals surface area contributed by atoms with E-state index in [0.717, 1.165) is 46.4 Å². The van der Waals surface area contributed by atoms with Gasteiger partial charge in [-0.05, 0) is 87.7 Å². The van der Waals surface area contributed by atoms with E-state index in [0.29, 0.717) is 54.4 Å². The van der Waals surface area contributed by atoms with Crippen molar-refractivity contribution >= 4 is 40.5 Å². The number of benzene rings is 4. The fraction of sp³-hybridized carbons (Fsp3) is 0.289. The van der Waals surface area contributed by atoms with E-state index in [1.165, 1.54) is 4.90 Å². The average molecular weight is 795 g/mol. The second kappa shape index (κ2) is 16.6. The minimum Gasteiger partial charge on any atom is -0.465 e. The van der Waals surface area contributed by atoms with Gasteiger partial charge in [-0.25, -0.2) is 14.8 Å². The number of carbonyl (C=O) groups is 4. The molecular weight excluding hydrogens is 749 g/mol. The Kier molecular flexibility index (Phi) is 11.0. The molecule has 4 aromatic carbocycles. The molecule has 6 aromatic rings. The van der Waals surface area contributed by atoms with Crippen LogP contribution >= 0.6 is 0 Å². The van der Waals surface area contributed by atoms with Crippen LogP contribution in [0.5, 0.6) is 0 Å². The molecule has 4 amide bonds. The zero-order chi connectivity index (χ0) is 41.2. The molecule has 2 aliphatic heterocycles. The van der Waals surface area contributed by atoms with Crippen molar-refractivity contribution in [2.24, 2.45) is 0 Å². The standard InChI is InChI=1S/C45H46N8O6/c1-27-18-19-30(24-33(27)49-41(54)36-17-11-23-53(36)43(55)38(50-45(57)58)28-12-6-4-7-13-28)37-26-46-42(59-37)31-20-21-32-34(25-31)48-40(47-32)35-16-10-22-52(35)44(56)39(51(2)3)29-14-8-5-9-15-29/h4-9,12-15,18-21,24-26,35-36,38-39,50H,10-11,16-17,22-23H2,1-3H3,(H,47,48)(H,49,54)(H,57,58)/t35-,36-,38+,39+/m0/s1. The number of aromatic nitrogens is 3. The van der Waals surface area contributed by atoms with Crippen molar-refractivity contribution in [1.82, 2.24) is 35.0 Å². The third-order valence-electron chi connectivity index (χ3n) is 11.2. The quantitative estimate of drug-likeness (QED) is 0.107. The lowest BCUT2D eigenvalue weighted by molar-refractivity contribution is -0.138. The second-order valence-corrected chi connectivity index (χ2v) is 15.4. The molecule has 0 unspecified atom stereocenters. The molecular formula is C45H46N8O6. The number of aryl methyl sites for hydroxylation is 1. The molecule has 14 heteroatoms. The fourth-order valence-corrected chi connectivity index (χ4v) is 8.28. The molecule has 0 bridgehead atoms. The molecule has 2 aliphatic rings. The minimum absolute atomic E-state index is 0.0501. The van der Waals surface area contributed by atoms with Gasteiger partial charge >= 0.3 is 6.09 Å². The molecule has 0 spiro atoms. The van der Waals surface area contributed by atoms with Crippen LogP contribution in [0.15, 0.2) is 108 Å². The van der Waals surface area contributed by atoms with Crippen LogP contribution in [0.3, 0.4) is 0 Å². The number of likely N-dealkylation sites (tertiary alicyclic amines) is 2. The first-order valence-corrected chi connectivity index (χ1v) is 19.8. The number of fused-ring (bicyclic) bond motifs is 1. The first-order valence-electron chi connectivity index (χ1n) is 19.8. The Bertz CT molecular complexity index is 2500. The maximum atomic E-state index is 14.0. The zero-order valence-corrected chi connectivity index (χ0v) is 33.1. The van der Waals surface area contributed by atoms with Gasteiger partial charge in [0, 0.05) is 29.9 Å². The molecule has 4 atom stereocenters. The third-order valence-corrected chi connectivity index (χ3v) is 11.2. The van der Waals surface area contributed by atoms with Crippen LogP contribution in [0.1, 0.15) is 66.3 Å². The van der Waals surface area contributed by atoms with Crippen LogP contribution < -0.4 is 10.6 Å². The van der Waals surface area contributed by atoms with Crippen molar-refractivity contribution in [3.63, 3.8) is 0 Å². The maximum absolute atomic E-state index is 14.0. The molecule has 2 aromatic heterocycles. The summed E-state index contributed by atoms with van der Waals surface area (Å²) in [5, 5.41) is 14.8. The predicted molar refractivity (Wildman–Crippen MR) is 222 cm³/mol. The Labute approximate surface area is 341 Å². The van der Waals surface area contributed by atoms with Gasteiger partial charge in [-0.1, -0.05) is 72.8 Å². The Morgan fingerprint density at radius 1 is 0.847 bits per heavy atom. The summed E-state index contributed by atoms with van der Waals surface area (Å²) in [5.74, 6) is 0.850. The number of imidazole rings is 1. The summed E-state index contributed by atoms with van der Waals surface area (Å²) in [6, 6.07) is 27.3. The summed E-state index contributed by atoms with van der Waals surface area (Å²) in [4.78, 5) is 71.5. The van der Waals surface area contributed by atoms with Gasteiger partial charge in [0.15, 0.2) is 5.76 Å². The van der Waals surface area contributed by atoms with Crippen molar-refractivity contribution in [3.8, 4) is 22.8 Å². The molecule has 0 radical (unpaired) electrons. The number of nitrogens with one attached hydrogen (secondary N) is 3. The van der Waals surface area contributed by atoms with E-state index in [9.17, 15) is 24.3 Å². The second-order valence-electron chi connectivity index (χ2n) is 15.4. The number of hydrogen-bond acceptors (Lipinski definition) is 8. The van der Waals surface area contributed by atoms with Crippen molar-refractivity contribution in [1.29, 1.82) is 0 Å². The van der Waals surface area contributed by atoms with Gasteiger partial charge in [0.1, 0.15) is 23.9 Å². The Balaban J connectivity index is 0.975. The van der Waals surface area contributed by atoms with Crippen molar-refractivity contribution < 1.29 is 28.7 Å². The highest BCUT2D eigenvalue weighted by molar-refractivity contribution is 5.99. The van der Waals surface area contributed by atoms with Gasteiger partial charge in [0.25, 0.3) is 5.91 Å². The smallest absolute Gasteiger partial charge is 0.405 e. The van der Waals surface area contributed by atoms with E-state index in [1.807, 2.05) is 97.5 Å². The van der Waals surface area contributed by atoms with Crippen molar-refractivity contribution in [2.45, 2.75) is 56.8 Å². The van der Waals surface area contributed by atoms with Crippen molar-refractivity contribution in [3.05, 3.63) is 126 Å². The highest BCUT2D eigenvalue weighted by Gasteiger charge is 2.39. The molecule has 4 heterocycles. The van der Waals surface area contributed by atoms with Gasteiger partial charge in [0.2, 0.25) is 17.7 Å².